The number of rotatable bonds is 3. The van der Waals surface area contributed by atoms with E-state index in [1.165, 1.54) is 4.31 Å². The highest BCUT2D eigenvalue weighted by Crippen LogP contribution is 2.42. The maximum absolute atomic E-state index is 13.0. The number of aromatic nitrogens is 3. The highest BCUT2D eigenvalue weighted by Gasteiger charge is 2.36. The van der Waals surface area contributed by atoms with Gasteiger partial charge in [0.2, 0.25) is 11.9 Å². The van der Waals surface area contributed by atoms with Crippen molar-refractivity contribution in [1.29, 1.82) is 0 Å². The van der Waals surface area contributed by atoms with E-state index in [0.717, 1.165) is 10.8 Å². The van der Waals surface area contributed by atoms with Crippen molar-refractivity contribution in [2.45, 2.75) is 11.4 Å². The van der Waals surface area contributed by atoms with E-state index in [-0.39, 0.29) is 12.5 Å². The summed E-state index contributed by atoms with van der Waals surface area (Å²) in [6.45, 7) is -0.0102. The summed E-state index contributed by atoms with van der Waals surface area (Å²) in [6, 6.07) is 10.8. The maximum atomic E-state index is 13.0. The lowest BCUT2D eigenvalue weighted by molar-refractivity contribution is 0.592. The van der Waals surface area contributed by atoms with Gasteiger partial charge in [-0.15, -0.1) is 0 Å². The first-order valence-corrected chi connectivity index (χ1v) is 9.04. The van der Waals surface area contributed by atoms with Crippen LogP contribution < -0.4 is 14.9 Å². The van der Waals surface area contributed by atoms with Crippen LogP contribution in [0.15, 0.2) is 41.3 Å². The van der Waals surface area contributed by atoms with E-state index in [1.54, 1.807) is 37.2 Å². The molecule has 25 heavy (non-hydrogen) atoms. The van der Waals surface area contributed by atoms with E-state index in [9.17, 15) is 8.42 Å². The molecule has 0 atom stereocenters. The Morgan fingerprint density at radius 2 is 1.80 bits per heavy atom. The normalized spacial score (nSPS) is 14.9. The van der Waals surface area contributed by atoms with Crippen molar-refractivity contribution in [3.8, 4) is 0 Å². The van der Waals surface area contributed by atoms with Gasteiger partial charge >= 0.3 is 0 Å². The molecule has 0 aliphatic carbocycles. The van der Waals surface area contributed by atoms with Crippen LogP contribution in [0.2, 0.25) is 0 Å². The van der Waals surface area contributed by atoms with Gasteiger partial charge in [-0.2, -0.15) is 15.0 Å². The van der Waals surface area contributed by atoms with Crippen LogP contribution in [0.3, 0.4) is 0 Å². The molecule has 0 saturated heterocycles. The van der Waals surface area contributed by atoms with Crippen LogP contribution in [-0.4, -0.2) is 37.5 Å². The van der Waals surface area contributed by atoms with Crippen molar-refractivity contribution >= 4 is 38.4 Å². The van der Waals surface area contributed by atoms with Crippen molar-refractivity contribution in [3.05, 3.63) is 42.2 Å². The Morgan fingerprint density at radius 3 is 2.52 bits per heavy atom. The predicted molar refractivity (Wildman–Crippen MR) is 95.9 cm³/mol. The molecule has 0 saturated carbocycles. The maximum Gasteiger partial charge on any atom is 0.265 e. The first kappa shape index (κ1) is 15.6. The SMILES string of the molecule is CN(C)c1nc(N)nc(CN2c3cccc4cccc(c34)S2(=O)=O)n1. The lowest BCUT2D eigenvalue weighted by atomic mass is 10.1. The molecule has 0 radical (unpaired) electrons. The zero-order valence-electron chi connectivity index (χ0n) is 13.7. The van der Waals surface area contributed by atoms with E-state index in [0.29, 0.717) is 22.4 Å². The highest BCUT2D eigenvalue weighted by atomic mass is 32.2. The zero-order chi connectivity index (χ0) is 17.8. The quantitative estimate of drug-likeness (QED) is 0.756. The van der Waals surface area contributed by atoms with Crippen LogP contribution in [0.1, 0.15) is 5.82 Å². The van der Waals surface area contributed by atoms with Gasteiger partial charge in [-0.05, 0) is 17.5 Å². The van der Waals surface area contributed by atoms with Crippen LogP contribution in [0.25, 0.3) is 10.8 Å². The van der Waals surface area contributed by atoms with Crippen molar-refractivity contribution in [3.63, 3.8) is 0 Å². The molecule has 8 nitrogen and oxygen atoms in total. The Morgan fingerprint density at radius 1 is 1.08 bits per heavy atom. The second-order valence-electron chi connectivity index (χ2n) is 5.95. The summed E-state index contributed by atoms with van der Waals surface area (Å²) in [5.74, 6) is 0.736. The third-order valence-electron chi connectivity index (χ3n) is 4.05. The lowest BCUT2D eigenvalue weighted by Crippen LogP contribution is -2.28. The number of hydrogen-bond donors (Lipinski definition) is 1. The number of nitrogens with zero attached hydrogens (tertiary/aromatic N) is 5. The average molecular weight is 356 g/mol. The summed E-state index contributed by atoms with van der Waals surface area (Å²) < 4.78 is 27.3. The molecular formula is C16H16N6O2S. The Labute approximate surface area is 145 Å². The third kappa shape index (κ3) is 2.35. The van der Waals surface area contributed by atoms with E-state index in [2.05, 4.69) is 15.0 Å². The van der Waals surface area contributed by atoms with E-state index >= 15 is 0 Å². The number of nitrogens with two attached hydrogens (primary N) is 1. The number of anilines is 3. The second kappa shape index (κ2) is 5.28. The minimum Gasteiger partial charge on any atom is -0.368 e. The standard InChI is InChI=1S/C16H16N6O2S/c1-21(2)16-19-13(18-15(17)20-16)9-22-11-7-3-5-10-6-4-8-12(14(10)11)25(22,23)24/h3-8H,9H2,1-2H3,(H2,17,18,19,20). The van der Waals surface area contributed by atoms with Crippen LogP contribution in [0.4, 0.5) is 17.6 Å². The Kier molecular flexibility index (Phi) is 3.29. The van der Waals surface area contributed by atoms with E-state index in [4.69, 9.17) is 5.73 Å². The molecule has 0 fully saturated rings. The molecule has 2 aromatic carbocycles. The Hall–Kier alpha value is -2.94. The lowest BCUT2D eigenvalue weighted by Gasteiger charge is -2.19. The van der Waals surface area contributed by atoms with Gasteiger partial charge in [0, 0.05) is 19.5 Å². The van der Waals surface area contributed by atoms with E-state index in [1.807, 2.05) is 18.2 Å². The van der Waals surface area contributed by atoms with E-state index < -0.39 is 10.0 Å². The van der Waals surface area contributed by atoms with Crippen molar-refractivity contribution in [2.24, 2.45) is 0 Å². The molecule has 0 spiro atoms. The number of benzene rings is 2. The monoisotopic (exact) mass is 356 g/mol. The van der Waals surface area contributed by atoms with Gasteiger partial charge in [0.1, 0.15) is 0 Å². The van der Waals surface area contributed by atoms with Gasteiger partial charge in [0.25, 0.3) is 10.0 Å². The van der Waals surface area contributed by atoms with Gasteiger partial charge in [-0.25, -0.2) is 8.42 Å². The van der Waals surface area contributed by atoms with Gasteiger partial charge in [-0.3, -0.25) is 4.31 Å². The highest BCUT2D eigenvalue weighted by molar-refractivity contribution is 7.93. The van der Waals surface area contributed by atoms with Gasteiger partial charge in [-0.1, -0.05) is 24.3 Å². The summed E-state index contributed by atoms with van der Waals surface area (Å²) in [5.41, 5.74) is 6.37. The number of sulfonamides is 1. The molecule has 2 N–H and O–H groups in total. The molecule has 0 amide bonds. The Bertz CT molecular complexity index is 1090. The molecule has 0 bridgehead atoms. The number of nitrogen functional groups attached to an aromatic ring is 1. The summed E-state index contributed by atoms with van der Waals surface area (Å²) >= 11 is 0. The minimum atomic E-state index is -3.66. The molecule has 128 valence electrons. The van der Waals surface area contributed by atoms with Gasteiger partial charge in [0.05, 0.1) is 17.1 Å². The fraction of sp³-hybridized carbons (Fsp3) is 0.188. The molecular weight excluding hydrogens is 340 g/mol. The minimum absolute atomic E-state index is 0.0102. The molecule has 2 heterocycles. The summed E-state index contributed by atoms with van der Waals surface area (Å²) in [7, 11) is -0.105. The van der Waals surface area contributed by atoms with Crippen molar-refractivity contribution in [2.75, 3.05) is 29.0 Å². The van der Waals surface area contributed by atoms with Crippen LogP contribution in [0.5, 0.6) is 0 Å². The smallest absolute Gasteiger partial charge is 0.265 e. The molecule has 1 aliphatic rings. The van der Waals surface area contributed by atoms with Gasteiger partial charge in [0.15, 0.2) is 5.82 Å². The van der Waals surface area contributed by atoms with Crippen LogP contribution >= 0.6 is 0 Å². The first-order valence-electron chi connectivity index (χ1n) is 7.60. The van der Waals surface area contributed by atoms with Crippen molar-refractivity contribution < 1.29 is 8.42 Å². The largest absolute Gasteiger partial charge is 0.368 e. The predicted octanol–water partition coefficient (Wildman–Crippen LogP) is 1.38. The third-order valence-corrected chi connectivity index (χ3v) is 5.86. The molecule has 3 aromatic rings. The summed E-state index contributed by atoms with van der Waals surface area (Å²) in [4.78, 5) is 14.4. The molecule has 4 rings (SSSR count). The molecule has 1 aliphatic heterocycles. The van der Waals surface area contributed by atoms with Crippen LogP contribution in [-0.2, 0) is 16.6 Å². The zero-order valence-corrected chi connectivity index (χ0v) is 14.5. The Balaban J connectivity index is 1.84. The van der Waals surface area contributed by atoms with Crippen LogP contribution in [0, 0.1) is 0 Å². The summed E-state index contributed by atoms with van der Waals surface area (Å²) in [6.07, 6.45) is 0. The molecule has 1 aromatic heterocycles. The summed E-state index contributed by atoms with van der Waals surface area (Å²) in [5, 5.41) is 1.60. The number of hydrogen-bond acceptors (Lipinski definition) is 7. The topological polar surface area (TPSA) is 105 Å². The fourth-order valence-corrected chi connectivity index (χ4v) is 4.62. The molecule has 0 unspecified atom stereocenters. The second-order valence-corrected chi connectivity index (χ2v) is 7.78. The molecule has 9 heteroatoms. The average Bonchev–Trinajstić information content (AvgIpc) is 2.78. The van der Waals surface area contributed by atoms with Gasteiger partial charge < -0.3 is 10.6 Å². The fourth-order valence-electron chi connectivity index (χ4n) is 2.95. The first-order chi connectivity index (χ1) is 11.9. The van der Waals surface area contributed by atoms with Crippen molar-refractivity contribution in [1.82, 2.24) is 15.0 Å².